The molecule has 0 radical (unpaired) electrons. The molecule has 0 bridgehead atoms. The van der Waals surface area contributed by atoms with Crippen LogP contribution >= 0.6 is 0 Å². The molecule has 10 unspecified atom stereocenters. The second-order valence-corrected chi connectivity index (χ2v) is 13.6. The van der Waals surface area contributed by atoms with Gasteiger partial charge in [-0.2, -0.15) is 0 Å². The number of hydrogen-bond acceptors (Lipinski definition) is 13. The third kappa shape index (κ3) is 21.6. The number of methoxy groups -OCH3 is 2. The fraction of sp³-hybridized carbons (Fsp3) is 0.949. The third-order valence-corrected chi connectivity index (χ3v) is 8.98. The van der Waals surface area contributed by atoms with E-state index in [9.17, 15) is 24.9 Å². The number of nitrogens with one attached hydrogen (secondary N) is 1. The molecule has 0 amide bonds. The van der Waals surface area contributed by atoms with E-state index in [1.807, 2.05) is 76.2 Å². The van der Waals surface area contributed by atoms with Crippen molar-refractivity contribution in [1.29, 1.82) is 0 Å². The summed E-state index contributed by atoms with van der Waals surface area (Å²) in [4.78, 5) is 25.3. The molecule has 0 aromatic rings. The first-order valence-corrected chi connectivity index (χ1v) is 19.6. The molecule has 13 heteroatoms. The van der Waals surface area contributed by atoms with Crippen molar-refractivity contribution in [3.8, 4) is 0 Å². The van der Waals surface area contributed by atoms with Gasteiger partial charge in [-0.05, 0) is 79.4 Å². The van der Waals surface area contributed by atoms with E-state index < -0.39 is 49.2 Å². The van der Waals surface area contributed by atoms with Gasteiger partial charge in [0.05, 0.1) is 43.5 Å². The molecule has 0 saturated carbocycles. The molecule has 2 fully saturated rings. The first kappa shape index (κ1) is 55.1. The normalized spacial score (nSPS) is 27.5. The van der Waals surface area contributed by atoms with Crippen LogP contribution in [0.15, 0.2) is 0 Å². The number of nitrogens with zero attached hydrogens (tertiary/aromatic N) is 1. The highest BCUT2D eigenvalue weighted by atomic mass is 16.7. The lowest BCUT2D eigenvalue weighted by Crippen LogP contribution is -2.48. The fourth-order valence-electron chi connectivity index (χ4n) is 6.04. The van der Waals surface area contributed by atoms with E-state index in [-0.39, 0.29) is 48.1 Å². The van der Waals surface area contributed by atoms with Crippen molar-refractivity contribution in [2.45, 2.75) is 190 Å². The lowest BCUT2D eigenvalue weighted by Gasteiger charge is -2.40. The molecule has 2 aliphatic rings. The molecular formula is C39H82N2O11. The van der Waals surface area contributed by atoms with Crippen LogP contribution in [-0.2, 0) is 33.3 Å². The number of carbonyl (C=O) groups excluding carboxylic acids is 2. The van der Waals surface area contributed by atoms with E-state index in [0.717, 1.165) is 6.42 Å². The lowest BCUT2D eigenvalue weighted by atomic mass is 9.87. The third-order valence-electron chi connectivity index (χ3n) is 8.98. The first-order valence-electron chi connectivity index (χ1n) is 19.6. The lowest BCUT2D eigenvalue weighted by molar-refractivity contribution is -0.245. The SMILES string of the molecule is CC.CC.CC.COC(=O)C(C)C[C@H](C)[C@@H](OC1CC(N(C)C)CC(C)O1)C(O)C[C@@H](C)CNC(C)C(O)C(C)O.COC1CC(O)O[C@@H](C)C1=O. The highest BCUT2D eigenvalue weighted by Gasteiger charge is 2.37. The number of hydrogen-bond donors (Lipinski definition) is 5. The van der Waals surface area contributed by atoms with Crippen LogP contribution < -0.4 is 5.32 Å². The van der Waals surface area contributed by atoms with Crippen LogP contribution in [-0.4, -0.2) is 139 Å². The van der Waals surface area contributed by atoms with Crippen LogP contribution in [0, 0.1) is 17.8 Å². The predicted molar refractivity (Wildman–Crippen MR) is 207 cm³/mol. The maximum atomic E-state index is 12.0. The molecular weight excluding hydrogens is 672 g/mol. The number of ketones is 1. The standard InChI is InChI=1S/C26H52N2O7.C7H12O4.3C2H6/c1-15(14-27-19(5)24(31)20(6)29)10-22(30)25(16(2)11-17(3)26(32)33-9)35-23-13-21(28(7)8)12-18(4)34-23;1-4-7(9)5(10-2)3-6(8)11-4;3*1-2/h15-25,27,29-31H,10-14H2,1-9H3;4-6,8H,3H2,1-2H3;3*1-2H3/t15-,16+,17?,18?,19?,20?,21?,22?,23?,24?,25-;4-,5?,6?;;;/m10.../s1. The van der Waals surface area contributed by atoms with Crippen molar-refractivity contribution in [1.82, 2.24) is 10.2 Å². The van der Waals surface area contributed by atoms with Gasteiger partial charge in [0.1, 0.15) is 12.2 Å². The van der Waals surface area contributed by atoms with Gasteiger partial charge in [0.15, 0.2) is 18.4 Å². The van der Waals surface area contributed by atoms with Gasteiger partial charge in [-0.1, -0.05) is 62.3 Å². The van der Waals surface area contributed by atoms with E-state index >= 15 is 0 Å². The average molecular weight is 755 g/mol. The second kappa shape index (κ2) is 31.0. The van der Waals surface area contributed by atoms with E-state index in [0.29, 0.717) is 31.8 Å². The van der Waals surface area contributed by atoms with Crippen LogP contribution in [0.5, 0.6) is 0 Å². The Hall–Kier alpha value is -1.26. The summed E-state index contributed by atoms with van der Waals surface area (Å²) < 4.78 is 27.1. The number of Topliss-reactive ketones (excluding diaryl/α,β-unsaturated/α-hetero) is 1. The summed E-state index contributed by atoms with van der Waals surface area (Å²) >= 11 is 0. The zero-order valence-corrected chi connectivity index (χ0v) is 35.9. The molecule has 0 aromatic carbocycles. The summed E-state index contributed by atoms with van der Waals surface area (Å²) in [6.45, 7) is 25.4. The highest BCUT2D eigenvalue weighted by Crippen LogP contribution is 2.30. The summed E-state index contributed by atoms with van der Waals surface area (Å²) in [7, 11) is 6.94. The number of aliphatic hydroxyl groups is 4. The van der Waals surface area contributed by atoms with Crippen LogP contribution in [0.3, 0.4) is 0 Å². The topological polar surface area (TPSA) is 176 Å². The van der Waals surface area contributed by atoms with Gasteiger partial charge in [0.2, 0.25) is 0 Å². The number of carbonyl (C=O) groups is 2. The smallest absolute Gasteiger partial charge is 0.308 e. The minimum atomic E-state index is -0.868. The van der Waals surface area contributed by atoms with Crippen molar-refractivity contribution >= 4 is 11.8 Å². The predicted octanol–water partition coefficient (Wildman–Crippen LogP) is 4.55. The monoisotopic (exact) mass is 755 g/mol. The van der Waals surface area contributed by atoms with Gasteiger partial charge in [-0.3, -0.25) is 9.59 Å². The van der Waals surface area contributed by atoms with Crippen molar-refractivity contribution in [2.75, 3.05) is 34.9 Å². The van der Waals surface area contributed by atoms with Crippen molar-refractivity contribution < 1.29 is 53.7 Å². The summed E-state index contributed by atoms with van der Waals surface area (Å²) in [6.07, 6.45) is -2.39. The Bertz CT molecular complexity index is 881. The summed E-state index contributed by atoms with van der Waals surface area (Å²) in [6, 6.07) is 0.0531. The van der Waals surface area contributed by atoms with E-state index in [1.54, 1.807) is 13.8 Å². The zero-order valence-electron chi connectivity index (χ0n) is 35.9. The van der Waals surface area contributed by atoms with E-state index in [4.69, 9.17) is 28.8 Å². The quantitative estimate of drug-likeness (QED) is 0.139. The first-order chi connectivity index (χ1) is 24.4. The molecule has 13 nitrogen and oxygen atoms in total. The highest BCUT2D eigenvalue weighted by molar-refractivity contribution is 5.87. The molecule has 0 aromatic heterocycles. The molecule has 2 saturated heterocycles. The maximum absolute atomic E-state index is 12.0. The Kier molecular flexibility index (Phi) is 32.8. The van der Waals surface area contributed by atoms with Crippen molar-refractivity contribution in [2.24, 2.45) is 17.8 Å². The molecule has 5 N–H and O–H groups in total. The Labute approximate surface area is 317 Å². The van der Waals surface area contributed by atoms with E-state index in [2.05, 4.69) is 24.3 Å². The van der Waals surface area contributed by atoms with Gasteiger partial charge in [0, 0.05) is 32.0 Å². The minimum absolute atomic E-state index is 0.0493. The Balaban J connectivity index is -0.00000117. The fourth-order valence-corrected chi connectivity index (χ4v) is 6.04. The molecule has 0 spiro atoms. The Morgan fingerprint density at radius 1 is 0.904 bits per heavy atom. The number of esters is 1. The molecule has 2 rings (SSSR count). The number of aliphatic hydroxyl groups excluding tert-OH is 4. The molecule has 14 atom stereocenters. The van der Waals surface area contributed by atoms with Gasteiger partial charge in [-0.25, -0.2) is 0 Å². The summed E-state index contributed by atoms with van der Waals surface area (Å²) in [5, 5.41) is 43.2. The Morgan fingerprint density at radius 2 is 1.46 bits per heavy atom. The molecule has 0 aliphatic carbocycles. The van der Waals surface area contributed by atoms with Crippen LogP contribution in [0.4, 0.5) is 0 Å². The zero-order chi connectivity index (χ0) is 41.3. The van der Waals surface area contributed by atoms with Crippen molar-refractivity contribution in [3.05, 3.63) is 0 Å². The largest absolute Gasteiger partial charge is 0.469 e. The minimum Gasteiger partial charge on any atom is -0.469 e. The molecule has 314 valence electrons. The molecule has 2 heterocycles. The van der Waals surface area contributed by atoms with Crippen molar-refractivity contribution in [3.63, 3.8) is 0 Å². The number of ether oxygens (including phenoxy) is 5. The molecule has 52 heavy (non-hydrogen) atoms. The number of rotatable bonds is 16. The van der Waals surface area contributed by atoms with Gasteiger partial charge in [0.25, 0.3) is 0 Å². The Morgan fingerprint density at radius 3 is 1.94 bits per heavy atom. The maximum Gasteiger partial charge on any atom is 0.308 e. The van der Waals surface area contributed by atoms with Crippen LogP contribution in [0.1, 0.15) is 122 Å². The van der Waals surface area contributed by atoms with E-state index in [1.165, 1.54) is 14.2 Å². The van der Waals surface area contributed by atoms with Crippen LogP contribution in [0.2, 0.25) is 0 Å². The molecule has 2 aliphatic heterocycles. The van der Waals surface area contributed by atoms with Gasteiger partial charge in [-0.15, -0.1) is 0 Å². The second-order valence-electron chi connectivity index (χ2n) is 13.6. The van der Waals surface area contributed by atoms with Gasteiger partial charge >= 0.3 is 5.97 Å². The average Bonchev–Trinajstić information content (AvgIpc) is 3.12. The summed E-state index contributed by atoms with van der Waals surface area (Å²) in [5.74, 6) is -0.697. The summed E-state index contributed by atoms with van der Waals surface area (Å²) in [5.41, 5.74) is 0. The van der Waals surface area contributed by atoms with Crippen LogP contribution in [0.25, 0.3) is 0 Å². The van der Waals surface area contributed by atoms with Gasteiger partial charge < -0.3 is 54.3 Å².